The van der Waals surface area contributed by atoms with Crippen LogP contribution in [0.2, 0.25) is 0 Å². The highest BCUT2D eigenvalue weighted by molar-refractivity contribution is 5.85. The Labute approximate surface area is 149 Å². The number of nitrogens with one attached hydrogen (secondary N) is 1. The van der Waals surface area contributed by atoms with Gasteiger partial charge in [-0.05, 0) is 17.7 Å². The number of halogens is 4. The molecule has 0 heterocycles. The van der Waals surface area contributed by atoms with Gasteiger partial charge in [0.05, 0.1) is 19.6 Å². The Bertz CT molecular complexity index is 567. The number of methoxy groups -OCH3 is 1. The number of nitrogens with two attached hydrogens (primary N) is 1. The van der Waals surface area contributed by atoms with Gasteiger partial charge in [-0.2, -0.15) is 0 Å². The van der Waals surface area contributed by atoms with Crippen LogP contribution in [-0.2, 0) is 14.3 Å². The lowest BCUT2D eigenvalue weighted by Crippen LogP contribution is -2.36. The molecule has 0 aliphatic carbocycles. The molecule has 3 N–H and O–H groups in total. The lowest BCUT2D eigenvalue weighted by molar-refractivity contribution is -0.274. The van der Waals surface area contributed by atoms with Crippen molar-refractivity contribution in [3.63, 3.8) is 0 Å². The van der Waals surface area contributed by atoms with Gasteiger partial charge in [0.15, 0.2) is 0 Å². The zero-order valence-corrected chi connectivity index (χ0v) is 14.4. The van der Waals surface area contributed by atoms with Crippen molar-refractivity contribution in [2.75, 3.05) is 13.7 Å². The molecular formula is C15H20ClF3N2O4. The third kappa shape index (κ3) is 8.08. The van der Waals surface area contributed by atoms with Crippen molar-refractivity contribution in [2.45, 2.75) is 25.7 Å². The van der Waals surface area contributed by atoms with E-state index in [0.717, 1.165) is 12.1 Å². The summed E-state index contributed by atoms with van der Waals surface area (Å²) < 4.78 is 44.8. The second-order valence-corrected chi connectivity index (χ2v) is 5.10. The molecule has 1 rings (SSSR count). The minimum atomic E-state index is -4.79. The molecule has 0 aliphatic heterocycles. The van der Waals surface area contributed by atoms with Crippen molar-refractivity contribution in [1.29, 1.82) is 0 Å². The third-order valence-electron chi connectivity index (χ3n) is 3.23. The molecule has 0 aliphatic rings. The average molecular weight is 385 g/mol. The first-order valence-corrected chi connectivity index (χ1v) is 7.09. The lowest BCUT2D eigenvalue weighted by atomic mass is 10.0. The van der Waals surface area contributed by atoms with E-state index >= 15 is 0 Å². The van der Waals surface area contributed by atoms with Crippen molar-refractivity contribution >= 4 is 24.3 Å². The van der Waals surface area contributed by atoms with Crippen molar-refractivity contribution in [2.24, 2.45) is 11.7 Å². The maximum absolute atomic E-state index is 12.2. The topological polar surface area (TPSA) is 90.7 Å². The fourth-order valence-electron chi connectivity index (χ4n) is 1.83. The Kier molecular flexibility index (Phi) is 9.29. The number of hydrogen-bond acceptors (Lipinski definition) is 5. The van der Waals surface area contributed by atoms with Crippen LogP contribution in [0.5, 0.6) is 5.75 Å². The molecule has 25 heavy (non-hydrogen) atoms. The summed E-state index contributed by atoms with van der Waals surface area (Å²) in [4.78, 5) is 23.5. The summed E-state index contributed by atoms with van der Waals surface area (Å²) >= 11 is 0. The molecule has 2 atom stereocenters. The molecule has 0 aromatic heterocycles. The molecule has 142 valence electrons. The van der Waals surface area contributed by atoms with Crippen LogP contribution >= 0.6 is 12.4 Å². The maximum atomic E-state index is 12.2. The van der Waals surface area contributed by atoms with Crippen LogP contribution < -0.4 is 15.8 Å². The molecular weight excluding hydrogens is 365 g/mol. The molecule has 0 radical (unpaired) electrons. The van der Waals surface area contributed by atoms with Crippen molar-refractivity contribution < 1.29 is 32.2 Å². The first-order valence-electron chi connectivity index (χ1n) is 7.09. The molecule has 6 nitrogen and oxygen atoms in total. The predicted octanol–water partition coefficient (Wildman–Crippen LogP) is 2.32. The van der Waals surface area contributed by atoms with Crippen LogP contribution in [0.25, 0.3) is 0 Å². The van der Waals surface area contributed by atoms with Gasteiger partial charge in [-0.3, -0.25) is 9.59 Å². The lowest BCUT2D eigenvalue weighted by Gasteiger charge is -2.20. The van der Waals surface area contributed by atoms with Crippen LogP contribution in [0.4, 0.5) is 13.2 Å². The van der Waals surface area contributed by atoms with E-state index in [1.54, 1.807) is 6.92 Å². The highest BCUT2D eigenvalue weighted by Crippen LogP contribution is 2.25. The Hall–Kier alpha value is -2.00. The number of carbonyl (C=O) groups is 2. The van der Waals surface area contributed by atoms with Crippen molar-refractivity contribution in [3.05, 3.63) is 29.8 Å². The summed E-state index contributed by atoms with van der Waals surface area (Å²) in [6, 6.07) is 4.13. The molecule has 0 bridgehead atoms. The van der Waals surface area contributed by atoms with Crippen LogP contribution in [0.15, 0.2) is 24.3 Å². The molecule has 1 aromatic carbocycles. The largest absolute Gasteiger partial charge is 0.573 e. The quantitative estimate of drug-likeness (QED) is 0.704. The summed E-state index contributed by atoms with van der Waals surface area (Å²) in [7, 11) is 1.20. The van der Waals surface area contributed by atoms with E-state index in [2.05, 4.69) is 14.8 Å². The molecule has 0 fully saturated rings. The molecule has 0 spiro atoms. The fourth-order valence-corrected chi connectivity index (χ4v) is 1.83. The zero-order chi connectivity index (χ0) is 18.3. The summed E-state index contributed by atoms with van der Waals surface area (Å²) in [5.74, 6) is -1.82. The molecule has 1 amide bonds. The zero-order valence-electron chi connectivity index (χ0n) is 13.6. The minimum Gasteiger partial charge on any atom is -0.469 e. The van der Waals surface area contributed by atoms with Gasteiger partial charge in [0.25, 0.3) is 0 Å². The second kappa shape index (κ2) is 10.1. The predicted molar refractivity (Wildman–Crippen MR) is 86.1 cm³/mol. The Morgan fingerprint density at radius 3 is 2.24 bits per heavy atom. The van der Waals surface area contributed by atoms with E-state index in [4.69, 9.17) is 5.73 Å². The standard InChI is InChI=1S/C15H19F3N2O4.ClH/c1-9(8-19)14(22)20-12(7-13(21)23-2)10-3-5-11(6-4-10)24-15(16,17)18;/h3-6,9,12H,7-8,19H2,1-2H3,(H,20,22);1H. The monoisotopic (exact) mass is 384 g/mol. The van der Waals surface area contributed by atoms with E-state index in [1.165, 1.54) is 19.2 Å². The summed E-state index contributed by atoms with van der Waals surface area (Å²) in [6.45, 7) is 1.74. The number of benzene rings is 1. The smallest absolute Gasteiger partial charge is 0.469 e. The number of esters is 1. The highest BCUT2D eigenvalue weighted by Gasteiger charge is 2.31. The van der Waals surface area contributed by atoms with E-state index in [9.17, 15) is 22.8 Å². The van der Waals surface area contributed by atoms with Gasteiger partial charge in [0.1, 0.15) is 5.75 Å². The number of amides is 1. The van der Waals surface area contributed by atoms with Gasteiger partial charge in [0, 0.05) is 12.5 Å². The number of rotatable bonds is 7. The number of carbonyl (C=O) groups excluding carboxylic acids is 2. The number of hydrogen-bond donors (Lipinski definition) is 2. The van der Waals surface area contributed by atoms with Gasteiger partial charge < -0.3 is 20.5 Å². The summed E-state index contributed by atoms with van der Waals surface area (Å²) in [6.07, 6.45) is -4.96. The molecule has 1 aromatic rings. The summed E-state index contributed by atoms with van der Waals surface area (Å²) in [5, 5.41) is 2.63. The summed E-state index contributed by atoms with van der Waals surface area (Å²) in [5.41, 5.74) is 5.86. The number of ether oxygens (including phenoxy) is 2. The van der Waals surface area contributed by atoms with Crippen LogP contribution in [0, 0.1) is 5.92 Å². The first kappa shape index (κ1) is 23.0. The normalized spacial score (nSPS) is 13.2. The first-order chi connectivity index (χ1) is 11.2. The van der Waals surface area contributed by atoms with Crippen LogP contribution in [-0.4, -0.2) is 31.9 Å². The Morgan fingerprint density at radius 2 is 1.80 bits per heavy atom. The third-order valence-corrected chi connectivity index (χ3v) is 3.23. The average Bonchev–Trinajstić information content (AvgIpc) is 2.52. The van der Waals surface area contributed by atoms with E-state index in [1.807, 2.05) is 0 Å². The fraction of sp³-hybridized carbons (Fsp3) is 0.467. The van der Waals surface area contributed by atoms with Crippen LogP contribution in [0.3, 0.4) is 0 Å². The molecule has 10 heteroatoms. The van der Waals surface area contributed by atoms with Gasteiger partial charge in [0.2, 0.25) is 5.91 Å². The number of alkyl halides is 3. The van der Waals surface area contributed by atoms with E-state index in [-0.39, 0.29) is 31.3 Å². The van der Waals surface area contributed by atoms with E-state index < -0.39 is 30.0 Å². The van der Waals surface area contributed by atoms with Gasteiger partial charge >= 0.3 is 12.3 Å². The highest BCUT2D eigenvalue weighted by atomic mass is 35.5. The van der Waals surface area contributed by atoms with Crippen molar-refractivity contribution in [3.8, 4) is 5.75 Å². The van der Waals surface area contributed by atoms with E-state index in [0.29, 0.717) is 5.56 Å². The molecule has 0 saturated heterocycles. The second-order valence-electron chi connectivity index (χ2n) is 5.10. The van der Waals surface area contributed by atoms with Gasteiger partial charge in [-0.25, -0.2) is 0 Å². The molecule has 0 saturated carbocycles. The van der Waals surface area contributed by atoms with Crippen molar-refractivity contribution in [1.82, 2.24) is 5.32 Å². The Morgan fingerprint density at radius 1 is 1.24 bits per heavy atom. The molecule has 2 unspecified atom stereocenters. The minimum absolute atomic E-state index is 0. The van der Waals surface area contributed by atoms with Gasteiger partial charge in [-0.15, -0.1) is 25.6 Å². The maximum Gasteiger partial charge on any atom is 0.573 e. The SMILES string of the molecule is COC(=O)CC(NC(=O)C(C)CN)c1ccc(OC(F)(F)F)cc1.Cl. The van der Waals surface area contributed by atoms with Crippen LogP contribution in [0.1, 0.15) is 24.9 Å². The Balaban J connectivity index is 0.00000576. The van der Waals surface area contributed by atoms with Gasteiger partial charge in [-0.1, -0.05) is 19.1 Å².